The Bertz CT molecular complexity index is 980. The quantitative estimate of drug-likeness (QED) is 0.552. The molecule has 0 aliphatic carbocycles. The Labute approximate surface area is 165 Å². The first-order valence-electron chi connectivity index (χ1n) is 8.63. The predicted octanol–water partition coefficient (Wildman–Crippen LogP) is 0.952. The van der Waals surface area contributed by atoms with Crippen LogP contribution in [0.3, 0.4) is 0 Å². The zero-order chi connectivity index (χ0) is 21.1. The van der Waals surface area contributed by atoms with Crippen molar-refractivity contribution in [3.63, 3.8) is 0 Å². The Morgan fingerprint density at radius 1 is 1.00 bits per heavy atom. The van der Waals surface area contributed by atoms with E-state index in [2.05, 4.69) is 5.32 Å². The number of primary amides is 1. The summed E-state index contributed by atoms with van der Waals surface area (Å²) >= 11 is 0. The molecule has 1 aliphatic rings. The molecule has 9 heteroatoms. The maximum absolute atomic E-state index is 12.3. The van der Waals surface area contributed by atoms with Gasteiger partial charge in [0, 0.05) is 11.3 Å². The van der Waals surface area contributed by atoms with Gasteiger partial charge in [0.25, 0.3) is 17.7 Å². The number of anilines is 1. The first-order valence-corrected chi connectivity index (χ1v) is 8.63. The summed E-state index contributed by atoms with van der Waals surface area (Å²) < 4.78 is 5.03. The molecule has 0 fully saturated rings. The molecule has 3 rings (SSSR count). The number of rotatable bonds is 6. The number of amides is 4. The zero-order valence-corrected chi connectivity index (χ0v) is 15.4. The van der Waals surface area contributed by atoms with E-state index < -0.39 is 42.2 Å². The van der Waals surface area contributed by atoms with Gasteiger partial charge in [0.05, 0.1) is 11.1 Å². The molecule has 1 heterocycles. The van der Waals surface area contributed by atoms with Crippen LogP contribution in [0.1, 0.15) is 38.0 Å². The number of nitrogens with two attached hydrogens (primary N) is 1. The highest BCUT2D eigenvalue weighted by Gasteiger charge is 2.37. The molecule has 0 saturated carbocycles. The average molecular weight is 395 g/mol. The van der Waals surface area contributed by atoms with Gasteiger partial charge in [0.1, 0.15) is 6.54 Å². The van der Waals surface area contributed by atoms with Crippen LogP contribution in [0.25, 0.3) is 0 Å². The fourth-order valence-corrected chi connectivity index (χ4v) is 2.76. The fourth-order valence-electron chi connectivity index (χ4n) is 2.76. The maximum atomic E-state index is 12.3. The molecule has 29 heavy (non-hydrogen) atoms. The zero-order valence-electron chi connectivity index (χ0n) is 15.4. The highest BCUT2D eigenvalue weighted by molar-refractivity contribution is 6.22. The van der Waals surface area contributed by atoms with Gasteiger partial charge in [-0.3, -0.25) is 28.9 Å². The van der Waals surface area contributed by atoms with Gasteiger partial charge in [0.15, 0.2) is 6.10 Å². The molecular weight excluding hydrogens is 378 g/mol. The smallest absolute Gasteiger partial charge is 0.326 e. The molecule has 0 spiro atoms. The van der Waals surface area contributed by atoms with E-state index in [9.17, 15) is 24.0 Å². The van der Waals surface area contributed by atoms with Gasteiger partial charge in [-0.15, -0.1) is 0 Å². The molecule has 0 radical (unpaired) electrons. The molecule has 9 nitrogen and oxygen atoms in total. The average Bonchev–Trinajstić information content (AvgIpc) is 2.93. The molecule has 1 atom stereocenters. The molecule has 0 unspecified atom stereocenters. The molecule has 0 saturated heterocycles. The van der Waals surface area contributed by atoms with Crippen LogP contribution in [0.4, 0.5) is 5.69 Å². The lowest BCUT2D eigenvalue weighted by atomic mass is 10.1. The van der Waals surface area contributed by atoms with E-state index in [4.69, 9.17) is 10.5 Å². The maximum Gasteiger partial charge on any atom is 0.326 e. The number of carbonyl (C=O) groups excluding carboxylic acids is 5. The molecule has 4 amide bonds. The number of imide groups is 1. The summed E-state index contributed by atoms with van der Waals surface area (Å²) in [5, 5.41) is 2.52. The third-order valence-electron chi connectivity index (χ3n) is 4.28. The summed E-state index contributed by atoms with van der Waals surface area (Å²) in [4.78, 5) is 60.7. The van der Waals surface area contributed by atoms with Crippen molar-refractivity contribution in [3.8, 4) is 0 Å². The summed E-state index contributed by atoms with van der Waals surface area (Å²) in [7, 11) is 0. The normalized spacial score (nSPS) is 13.6. The van der Waals surface area contributed by atoms with Crippen molar-refractivity contribution >= 4 is 35.3 Å². The van der Waals surface area contributed by atoms with Gasteiger partial charge in [-0.1, -0.05) is 12.1 Å². The number of carbonyl (C=O) groups is 5. The number of benzene rings is 2. The van der Waals surface area contributed by atoms with Crippen molar-refractivity contribution in [2.45, 2.75) is 13.0 Å². The number of fused-ring (bicyclic) bond motifs is 1. The van der Waals surface area contributed by atoms with Gasteiger partial charge in [-0.2, -0.15) is 0 Å². The fraction of sp³-hybridized carbons (Fsp3) is 0.150. The van der Waals surface area contributed by atoms with Crippen molar-refractivity contribution < 1.29 is 28.7 Å². The van der Waals surface area contributed by atoms with E-state index in [0.29, 0.717) is 5.69 Å². The SMILES string of the molecule is C[C@H](OC(=O)CN1C(=O)c2ccccc2C1=O)C(=O)Nc1ccc(C(N)=O)cc1. The summed E-state index contributed by atoms with van der Waals surface area (Å²) in [5.41, 5.74) is 6.24. The Kier molecular flexibility index (Phi) is 5.40. The standard InChI is InChI=1S/C20H17N3O6/c1-11(18(26)22-13-8-6-12(7-9-13)17(21)25)29-16(24)10-23-19(27)14-4-2-3-5-15(14)20(23)28/h2-9,11H,10H2,1H3,(H2,21,25)(H,22,26)/t11-/m0/s1. The third-order valence-corrected chi connectivity index (χ3v) is 4.28. The number of nitrogens with one attached hydrogen (secondary N) is 1. The minimum atomic E-state index is -1.17. The van der Waals surface area contributed by atoms with E-state index in [1.165, 1.54) is 43.3 Å². The van der Waals surface area contributed by atoms with E-state index in [0.717, 1.165) is 4.90 Å². The number of nitrogens with zero attached hydrogens (tertiary/aromatic N) is 1. The second-order valence-corrected chi connectivity index (χ2v) is 6.30. The molecule has 2 aromatic rings. The lowest BCUT2D eigenvalue weighted by Crippen LogP contribution is -2.38. The van der Waals surface area contributed by atoms with Gasteiger partial charge < -0.3 is 15.8 Å². The van der Waals surface area contributed by atoms with Crippen LogP contribution < -0.4 is 11.1 Å². The van der Waals surface area contributed by atoms with Gasteiger partial charge in [-0.25, -0.2) is 0 Å². The molecule has 3 N–H and O–H groups in total. The van der Waals surface area contributed by atoms with E-state index >= 15 is 0 Å². The number of ether oxygens (including phenoxy) is 1. The van der Waals surface area contributed by atoms with Crippen LogP contribution in [0.5, 0.6) is 0 Å². The van der Waals surface area contributed by atoms with Gasteiger partial charge in [0.2, 0.25) is 5.91 Å². The summed E-state index contributed by atoms with van der Waals surface area (Å²) in [6.07, 6.45) is -1.17. The minimum absolute atomic E-state index is 0.218. The first-order chi connectivity index (χ1) is 13.8. The van der Waals surface area contributed by atoms with E-state index in [1.807, 2.05) is 0 Å². The molecule has 148 valence electrons. The highest BCUT2D eigenvalue weighted by atomic mass is 16.5. The summed E-state index contributed by atoms with van der Waals surface area (Å²) in [5.74, 6) is -3.29. The summed E-state index contributed by atoms with van der Waals surface area (Å²) in [6, 6.07) is 12.1. The first kappa shape index (κ1) is 19.7. The van der Waals surface area contributed by atoms with Gasteiger partial charge in [-0.05, 0) is 43.3 Å². The van der Waals surface area contributed by atoms with Crippen molar-refractivity contribution in [1.82, 2.24) is 4.90 Å². The second kappa shape index (κ2) is 7.93. The Morgan fingerprint density at radius 3 is 2.07 bits per heavy atom. The monoisotopic (exact) mass is 395 g/mol. The van der Waals surface area contributed by atoms with Crippen LogP contribution in [0.2, 0.25) is 0 Å². The molecule has 2 aromatic carbocycles. The molecule has 0 bridgehead atoms. The number of hydrogen-bond donors (Lipinski definition) is 2. The Morgan fingerprint density at radius 2 is 1.55 bits per heavy atom. The largest absolute Gasteiger partial charge is 0.451 e. The van der Waals surface area contributed by atoms with Crippen molar-refractivity contribution in [3.05, 3.63) is 65.2 Å². The lowest BCUT2D eigenvalue weighted by molar-refractivity contribution is -0.153. The number of hydrogen-bond acceptors (Lipinski definition) is 6. The van der Waals surface area contributed by atoms with Crippen LogP contribution in [0, 0.1) is 0 Å². The van der Waals surface area contributed by atoms with E-state index in [-0.39, 0.29) is 16.7 Å². The second-order valence-electron chi connectivity index (χ2n) is 6.30. The van der Waals surface area contributed by atoms with Crippen molar-refractivity contribution in [1.29, 1.82) is 0 Å². The minimum Gasteiger partial charge on any atom is -0.451 e. The third kappa shape index (κ3) is 4.13. The van der Waals surface area contributed by atoms with Crippen LogP contribution >= 0.6 is 0 Å². The molecule has 1 aliphatic heterocycles. The van der Waals surface area contributed by atoms with E-state index in [1.54, 1.807) is 12.1 Å². The lowest BCUT2D eigenvalue weighted by Gasteiger charge is -2.16. The van der Waals surface area contributed by atoms with Crippen LogP contribution in [-0.2, 0) is 14.3 Å². The van der Waals surface area contributed by atoms with Crippen molar-refractivity contribution in [2.24, 2.45) is 5.73 Å². The summed E-state index contributed by atoms with van der Waals surface area (Å²) in [6.45, 7) is 0.755. The Balaban J connectivity index is 1.56. The topological polar surface area (TPSA) is 136 Å². The van der Waals surface area contributed by atoms with Crippen LogP contribution in [-0.4, -0.2) is 47.1 Å². The highest BCUT2D eigenvalue weighted by Crippen LogP contribution is 2.22. The van der Waals surface area contributed by atoms with Crippen molar-refractivity contribution in [2.75, 3.05) is 11.9 Å². The predicted molar refractivity (Wildman–Crippen MR) is 101 cm³/mol. The number of esters is 1. The van der Waals surface area contributed by atoms with Crippen LogP contribution in [0.15, 0.2) is 48.5 Å². The molecular formula is C20H17N3O6. The van der Waals surface area contributed by atoms with Gasteiger partial charge >= 0.3 is 5.97 Å². The Hall–Kier alpha value is -4.01. The molecule has 0 aromatic heterocycles.